The fraction of sp³-hybridized carbons (Fsp3) is 0.811. The van der Waals surface area contributed by atoms with Crippen molar-refractivity contribution in [3.8, 4) is 0 Å². The van der Waals surface area contributed by atoms with Crippen molar-refractivity contribution in [2.45, 2.75) is 246 Å². The van der Waals surface area contributed by atoms with Gasteiger partial charge >= 0.3 is 35.8 Å². The highest BCUT2D eigenvalue weighted by molar-refractivity contribution is 5.92. The molecule has 7 aliphatic rings. The Morgan fingerprint density at radius 1 is 0.349 bits per heavy atom. The molecule has 0 spiro atoms. The Morgan fingerprint density at radius 3 is 1.08 bits per heavy atom. The van der Waals surface area contributed by atoms with Crippen LogP contribution in [0.5, 0.6) is 0 Å². The molecule has 7 aliphatic carbocycles. The summed E-state index contributed by atoms with van der Waals surface area (Å²) in [6.07, 6.45) is 46.2. The van der Waals surface area contributed by atoms with Crippen LogP contribution in [0.15, 0.2) is 48.6 Å². The van der Waals surface area contributed by atoms with Gasteiger partial charge in [-0.2, -0.15) is 0 Å². The zero-order valence-corrected chi connectivity index (χ0v) is 54.1. The van der Waals surface area contributed by atoms with Gasteiger partial charge in [-0.1, -0.05) is 155 Å². The zero-order valence-electron chi connectivity index (χ0n) is 54.1. The van der Waals surface area contributed by atoms with Gasteiger partial charge in [-0.05, 0) is 198 Å². The first-order chi connectivity index (χ1) is 41.7. The summed E-state index contributed by atoms with van der Waals surface area (Å²) >= 11 is 0. The van der Waals surface area contributed by atoms with Gasteiger partial charge < -0.3 is 28.4 Å². The monoisotopic (exact) mass is 1200 g/mol. The second kappa shape index (κ2) is 37.1. The fourth-order valence-electron chi connectivity index (χ4n) is 18.3. The number of hydrogen-bond donors (Lipinski definition) is 0. The molecule has 0 aromatic carbocycles. The number of hydrogen-bond acceptors (Lipinski definition) is 12. The lowest BCUT2D eigenvalue weighted by Crippen LogP contribution is -2.35. The van der Waals surface area contributed by atoms with Gasteiger partial charge in [-0.15, -0.1) is 0 Å². The second-order valence-electron chi connectivity index (χ2n) is 28.6. The normalized spacial score (nSPS) is 30.4. The van der Waals surface area contributed by atoms with Crippen molar-refractivity contribution >= 4 is 35.8 Å². The van der Waals surface area contributed by atoms with Crippen molar-refractivity contribution in [2.24, 2.45) is 94.7 Å². The minimum atomic E-state index is -0.496. The molecule has 12 nitrogen and oxygen atoms in total. The zero-order chi connectivity index (χ0) is 61.2. The minimum absolute atomic E-state index is 0.304. The lowest BCUT2D eigenvalue weighted by Gasteiger charge is -2.44. The van der Waals surface area contributed by atoms with Crippen molar-refractivity contribution in [3.05, 3.63) is 48.6 Å². The molecule has 0 aromatic rings. The van der Waals surface area contributed by atoms with Gasteiger partial charge in [0.2, 0.25) is 0 Å². The molecule has 0 aliphatic heterocycles. The second-order valence-corrected chi connectivity index (χ2v) is 28.6. The van der Waals surface area contributed by atoms with Crippen LogP contribution in [0.1, 0.15) is 246 Å². The van der Waals surface area contributed by atoms with Gasteiger partial charge in [0.05, 0.1) is 39.6 Å². The van der Waals surface area contributed by atoms with E-state index < -0.39 is 23.9 Å². The smallest absolute Gasteiger partial charge is 0.333 e. The van der Waals surface area contributed by atoms with Gasteiger partial charge in [0, 0.05) is 35.5 Å². The Bertz CT molecular complexity index is 2210. The average molecular weight is 1200 g/mol. The molecular formula is C74H116O12. The molecule has 7 fully saturated rings. The van der Waals surface area contributed by atoms with E-state index in [0.29, 0.717) is 122 Å². The number of carbonyl (C=O) groups excluding carboxylic acids is 6. The van der Waals surface area contributed by atoms with E-state index in [2.05, 4.69) is 27.0 Å². The number of ether oxygens (including phenoxy) is 6. The van der Waals surface area contributed by atoms with Gasteiger partial charge in [0.1, 0.15) is 0 Å². The van der Waals surface area contributed by atoms with Crippen LogP contribution in [-0.2, 0) is 57.2 Å². The van der Waals surface area contributed by atoms with Crippen molar-refractivity contribution in [3.63, 3.8) is 0 Å². The van der Waals surface area contributed by atoms with Crippen LogP contribution >= 0.6 is 0 Å². The summed E-state index contributed by atoms with van der Waals surface area (Å²) in [4.78, 5) is 74.3. The minimum Gasteiger partial charge on any atom is -0.463 e. The summed E-state index contributed by atoms with van der Waals surface area (Å²) in [7, 11) is 0. The molecule has 0 radical (unpaired) electrons. The Hall–Kier alpha value is -4.22. The van der Waals surface area contributed by atoms with Crippen molar-refractivity contribution in [1.29, 1.82) is 0 Å². The van der Waals surface area contributed by atoms with Crippen LogP contribution in [0.4, 0.5) is 0 Å². The van der Waals surface area contributed by atoms with Crippen molar-refractivity contribution < 1.29 is 57.2 Å². The maximum absolute atomic E-state index is 12.6. The summed E-state index contributed by atoms with van der Waals surface area (Å²) in [6, 6.07) is 0. The lowest BCUT2D eigenvalue weighted by molar-refractivity contribution is -0.142. The molecule has 484 valence electrons. The maximum atomic E-state index is 12.6. The standard InChI is InChI=1S/C74H116O12/c1-7-9-11-13-16-22-28-56-32-31-55(27-21-12-10-8-2)61(29-23-17-14-19-25-37-81-69(75)33-35-71(77)83-47-53-39-63-57-43-59(49-85-73(79)51(3)4)65(45-57)67(63)41-53)62(56)30-24-18-15-20-26-38-82-70(76)34-36-72(78)84-48-54-40-64-58-44-60(50-86-74(80)52(5)6)66(46-58)68(64)42-54/h33-36,53-68H,3,5,7-32,37-50H2,1-2,4,6H3/b35-33+,36-34+/t53?,54?,55?,56?,57?,58?,59?,60?,61?,62?,63-,64+,65?,66?,67?,68?/m1/s1. The lowest BCUT2D eigenvalue weighted by atomic mass is 9.61. The highest BCUT2D eigenvalue weighted by Crippen LogP contribution is 2.63. The van der Waals surface area contributed by atoms with Crippen LogP contribution < -0.4 is 0 Å². The predicted octanol–water partition coefficient (Wildman–Crippen LogP) is 16.8. The maximum Gasteiger partial charge on any atom is 0.333 e. The Morgan fingerprint density at radius 2 is 0.686 bits per heavy atom. The molecule has 14 unspecified atom stereocenters. The van der Waals surface area contributed by atoms with Crippen molar-refractivity contribution in [2.75, 3.05) is 39.6 Å². The quantitative estimate of drug-likeness (QED) is 0.0247. The molecule has 12 heteroatoms. The molecule has 0 amide bonds. The van der Waals surface area contributed by atoms with Crippen LogP contribution in [0.2, 0.25) is 0 Å². The topological polar surface area (TPSA) is 158 Å². The predicted molar refractivity (Wildman–Crippen MR) is 338 cm³/mol. The van der Waals surface area contributed by atoms with E-state index in [0.717, 1.165) is 101 Å². The highest BCUT2D eigenvalue weighted by atomic mass is 16.6. The van der Waals surface area contributed by atoms with Gasteiger partial charge in [0.25, 0.3) is 0 Å². The SMILES string of the molecule is C=C(C)C(=O)OCC1CC2CC1C1CC(COC(=O)/C=C/C(=O)OCCCCCCCC3C(CCCCCC)CCC(CCCCCCCC)C3CCCCCCCOC(=O)/C=C/C(=O)OCC3CC4C5CC(CC5COC(=O)C(=C)C)[C@@H]4C3)C[C@H]21. The third kappa shape index (κ3) is 21.8. The summed E-state index contributed by atoms with van der Waals surface area (Å²) in [5.41, 5.74) is 0.881. The number of fused-ring (bicyclic) bond motifs is 10. The van der Waals surface area contributed by atoms with Crippen LogP contribution in [0.3, 0.4) is 0 Å². The van der Waals surface area contributed by atoms with E-state index in [1.54, 1.807) is 13.8 Å². The number of unbranched alkanes of at least 4 members (excludes halogenated alkanes) is 16. The summed E-state index contributed by atoms with van der Waals surface area (Å²) in [5, 5.41) is 0. The Balaban J connectivity index is 0.753. The molecule has 86 heavy (non-hydrogen) atoms. The average Bonchev–Trinajstić information content (AvgIpc) is 1.81. The molecule has 0 aromatic heterocycles. The summed E-state index contributed by atoms with van der Waals surface area (Å²) in [6.45, 7) is 17.8. The van der Waals surface area contributed by atoms with E-state index in [4.69, 9.17) is 28.4 Å². The molecule has 7 saturated carbocycles. The van der Waals surface area contributed by atoms with Crippen LogP contribution in [0.25, 0.3) is 0 Å². The van der Waals surface area contributed by atoms with Gasteiger partial charge in [-0.25, -0.2) is 28.8 Å². The first kappa shape index (κ1) is 69.3. The summed E-state index contributed by atoms with van der Waals surface area (Å²) in [5.74, 6) is 7.20. The molecule has 0 saturated heterocycles. The number of carbonyl (C=O) groups is 6. The van der Waals surface area contributed by atoms with E-state index in [1.165, 1.54) is 166 Å². The Kier molecular flexibility index (Phi) is 29.8. The molecule has 16 atom stereocenters. The van der Waals surface area contributed by atoms with E-state index in [-0.39, 0.29) is 11.9 Å². The first-order valence-electron chi connectivity index (χ1n) is 35.4. The van der Waals surface area contributed by atoms with Gasteiger partial charge in [0.15, 0.2) is 0 Å². The number of rotatable bonds is 42. The fourth-order valence-corrected chi connectivity index (χ4v) is 18.3. The largest absolute Gasteiger partial charge is 0.463 e. The molecule has 7 rings (SSSR count). The third-order valence-electron chi connectivity index (χ3n) is 22.5. The molecular weight excluding hydrogens is 1080 g/mol. The van der Waals surface area contributed by atoms with Crippen molar-refractivity contribution in [1.82, 2.24) is 0 Å². The highest BCUT2D eigenvalue weighted by Gasteiger charge is 2.57. The van der Waals surface area contributed by atoms with Gasteiger partial charge in [-0.3, -0.25) is 0 Å². The summed E-state index contributed by atoms with van der Waals surface area (Å²) < 4.78 is 33.3. The molecule has 0 N–H and O–H groups in total. The first-order valence-corrected chi connectivity index (χ1v) is 35.4. The van der Waals surface area contributed by atoms with Crippen LogP contribution in [0, 0.1) is 94.7 Å². The number of esters is 6. The van der Waals surface area contributed by atoms with E-state index >= 15 is 0 Å². The van der Waals surface area contributed by atoms with E-state index in [1.807, 2.05) is 0 Å². The Labute approximate surface area is 519 Å². The third-order valence-corrected chi connectivity index (χ3v) is 22.5. The molecule has 0 heterocycles. The van der Waals surface area contributed by atoms with Crippen LogP contribution in [-0.4, -0.2) is 75.5 Å². The van der Waals surface area contributed by atoms with E-state index in [9.17, 15) is 28.8 Å². The molecule has 4 bridgehead atoms.